The average molecular weight is 282 g/mol. The number of anilines is 2. The predicted octanol–water partition coefficient (Wildman–Crippen LogP) is 2.04. The standard InChI is InChI=1S/C12H9F3N4O/c13-7-1-2-10(17-5-7)18-12(20)6-3-8(14)11(19-16)9(15)4-6/h1-5,19H,16H2,(H,17,18,20). The minimum atomic E-state index is -1.01. The van der Waals surface area contributed by atoms with Crippen LogP contribution in [0.3, 0.4) is 0 Å². The highest BCUT2D eigenvalue weighted by atomic mass is 19.1. The second-order valence-electron chi connectivity index (χ2n) is 3.78. The van der Waals surface area contributed by atoms with Gasteiger partial charge in [0.25, 0.3) is 5.91 Å². The number of benzene rings is 1. The first-order valence-corrected chi connectivity index (χ1v) is 5.40. The summed E-state index contributed by atoms with van der Waals surface area (Å²) >= 11 is 0. The lowest BCUT2D eigenvalue weighted by Crippen LogP contribution is -2.16. The Hall–Kier alpha value is -2.61. The monoisotopic (exact) mass is 282 g/mol. The number of hydrogen-bond acceptors (Lipinski definition) is 4. The number of amides is 1. The maximum atomic E-state index is 13.4. The van der Waals surface area contributed by atoms with Crippen LogP contribution in [0.2, 0.25) is 0 Å². The van der Waals surface area contributed by atoms with Crippen molar-refractivity contribution in [2.24, 2.45) is 5.84 Å². The van der Waals surface area contributed by atoms with Crippen LogP contribution in [0.4, 0.5) is 24.7 Å². The minimum Gasteiger partial charge on any atom is -0.319 e. The summed E-state index contributed by atoms with van der Waals surface area (Å²) in [6.45, 7) is 0. The van der Waals surface area contributed by atoms with Crippen LogP contribution in [-0.2, 0) is 0 Å². The number of hydrogen-bond donors (Lipinski definition) is 3. The van der Waals surface area contributed by atoms with Crippen LogP contribution in [0.15, 0.2) is 30.5 Å². The highest BCUT2D eigenvalue weighted by molar-refractivity contribution is 6.04. The molecule has 0 radical (unpaired) electrons. The summed E-state index contributed by atoms with van der Waals surface area (Å²) in [4.78, 5) is 15.4. The van der Waals surface area contributed by atoms with Crippen molar-refractivity contribution in [2.75, 3.05) is 10.7 Å². The molecule has 8 heteroatoms. The Morgan fingerprint density at radius 1 is 1.15 bits per heavy atom. The Morgan fingerprint density at radius 3 is 2.30 bits per heavy atom. The number of nitrogen functional groups attached to an aromatic ring is 1. The second kappa shape index (κ2) is 5.57. The minimum absolute atomic E-state index is 0.0539. The molecule has 0 unspecified atom stereocenters. The van der Waals surface area contributed by atoms with Gasteiger partial charge in [-0.2, -0.15) is 0 Å². The fourth-order valence-electron chi connectivity index (χ4n) is 1.48. The Labute approximate surface area is 111 Å². The molecule has 0 atom stereocenters. The molecule has 4 N–H and O–H groups in total. The van der Waals surface area contributed by atoms with E-state index in [1.54, 1.807) is 0 Å². The topological polar surface area (TPSA) is 80.0 Å². The van der Waals surface area contributed by atoms with E-state index in [2.05, 4.69) is 10.3 Å². The molecule has 1 amide bonds. The summed E-state index contributed by atoms with van der Waals surface area (Å²) in [6.07, 6.45) is 0.901. The highest BCUT2D eigenvalue weighted by Crippen LogP contribution is 2.20. The normalized spacial score (nSPS) is 10.2. The van der Waals surface area contributed by atoms with E-state index in [4.69, 9.17) is 5.84 Å². The molecule has 5 nitrogen and oxygen atoms in total. The van der Waals surface area contributed by atoms with Gasteiger partial charge in [0.15, 0.2) is 11.6 Å². The molecule has 1 aromatic heterocycles. The lowest BCUT2D eigenvalue weighted by Gasteiger charge is -2.08. The van der Waals surface area contributed by atoms with E-state index in [0.717, 1.165) is 24.4 Å². The van der Waals surface area contributed by atoms with Gasteiger partial charge in [0.05, 0.1) is 6.20 Å². The van der Waals surface area contributed by atoms with E-state index >= 15 is 0 Å². The van der Waals surface area contributed by atoms with E-state index in [-0.39, 0.29) is 11.4 Å². The van der Waals surface area contributed by atoms with Crippen molar-refractivity contribution < 1.29 is 18.0 Å². The summed E-state index contributed by atoms with van der Waals surface area (Å²) in [5, 5.41) is 2.28. The van der Waals surface area contributed by atoms with Crippen LogP contribution in [-0.4, -0.2) is 10.9 Å². The largest absolute Gasteiger partial charge is 0.319 e. The van der Waals surface area contributed by atoms with Gasteiger partial charge >= 0.3 is 0 Å². The smallest absolute Gasteiger partial charge is 0.257 e. The van der Waals surface area contributed by atoms with Crippen molar-refractivity contribution in [3.63, 3.8) is 0 Å². The van der Waals surface area contributed by atoms with Gasteiger partial charge < -0.3 is 10.7 Å². The van der Waals surface area contributed by atoms with Crippen LogP contribution in [0, 0.1) is 17.5 Å². The van der Waals surface area contributed by atoms with Gasteiger partial charge in [-0.25, -0.2) is 18.2 Å². The zero-order valence-corrected chi connectivity index (χ0v) is 9.95. The SMILES string of the molecule is NNc1c(F)cc(C(=O)Nc2ccc(F)cn2)cc1F. The molecule has 2 aromatic rings. The van der Waals surface area contributed by atoms with Crippen LogP contribution >= 0.6 is 0 Å². The van der Waals surface area contributed by atoms with Crippen molar-refractivity contribution in [3.8, 4) is 0 Å². The molecule has 2 rings (SSSR count). The molecular weight excluding hydrogens is 273 g/mol. The van der Waals surface area contributed by atoms with E-state index in [9.17, 15) is 18.0 Å². The molecule has 0 aliphatic rings. The second-order valence-corrected chi connectivity index (χ2v) is 3.78. The number of aromatic nitrogens is 1. The van der Waals surface area contributed by atoms with E-state index in [0.29, 0.717) is 0 Å². The van der Waals surface area contributed by atoms with Gasteiger partial charge in [0, 0.05) is 5.56 Å². The van der Waals surface area contributed by atoms with Crippen LogP contribution in [0.5, 0.6) is 0 Å². The number of nitrogens with one attached hydrogen (secondary N) is 2. The molecule has 0 aliphatic heterocycles. The number of rotatable bonds is 3. The van der Waals surface area contributed by atoms with Crippen molar-refractivity contribution in [1.29, 1.82) is 0 Å². The van der Waals surface area contributed by atoms with Crippen LogP contribution < -0.4 is 16.6 Å². The lowest BCUT2D eigenvalue weighted by molar-refractivity contribution is 0.102. The molecule has 104 valence electrons. The molecule has 0 bridgehead atoms. The molecule has 0 fully saturated rings. The fraction of sp³-hybridized carbons (Fsp3) is 0. The van der Waals surface area contributed by atoms with E-state index < -0.39 is 29.0 Å². The zero-order valence-electron chi connectivity index (χ0n) is 9.95. The van der Waals surface area contributed by atoms with Crippen molar-refractivity contribution in [1.82, 2.24) is 4.98 Å². The third-order valence-corrected chi connectivity index (χ3v) is 2.42. The molecule has 20 heavy (non-hydrogen) atoms. The Balaban J connectivity index is 2.23. The lowest BCUT2D eigenvalue weighted by atomic mass is 10.1. The summed E-state index contributed by atoms with van der Waals surface area (Å²) in [5.74, 6) is 1.62. The summed E-state index contributed by atoms with van der Waals surface area (Å²) in [6, 6.07) is 3.94. The number of nitrogens with two attached hydrogens (primary N) is 1. The Bertz CT molecular complexity index is 623. The number of nitrogens with zero attached hydrogens (tertiary/aromatic N) is 1. The Morgan fingerprint density at radius 2 is 1.80 bits per heavy atom. The molecule has 0 saturated carbocycles. The summed E-state index contributed by atoms with van der Waals surface area (Å²) in [5.41, 5.74) is 1.05. The van der Waals surface area contributed by atoms with Gasteiger partial charge in [0.2, 0.25) is 0 Å². The first kappa shape index (κ1) is 13.8. The van der Waals surface area contributed by atoms with Gasteiger partial charge in [-0.3, -0.25) is 10.6 Å². The maximum Gasteiger partial charge on any atom is 0.257 e. The molecule has 1 heterocycles. The van der Waals surface area contributed by atoms with Gasteiger partial charge in [-0.15, -0.1) is 0 Å². The third-order valence-electron chi connectivity index (χ3n) is 2.42. The fourth-order valence-corrected chi connectivity index (χ4v) is 1.48. The van der Waals surface area contributed by atoms with Gasteiger partial charge in [-0.1, -0.05) is 0 Å². The van der Waals surface area contributed by atoms with Crippen LogP contribution in [0.1, 0.15) is 10.4 Å². The number of carbonyl (C=O) groups is 1. The first-order chi connectivity index (χ1) is 9.51. The van der Waals surface area contributed by atoms with Crippen molar-refractivity contribution in [2.45, 2.75) is 0 Å². The molecule has 0 spiro atoms. The maximum absolute atomic E-state index is 13.4. The predicted molar refractivity (Wildman–Crippen MR) is 66.3 cm³/mol. The van der Waals surface area contributed by atoms with E-state index in [1.165, 1.54) is 6.07 Å². The summed E-state index contributed by atoms with van der Waals surface area (Å²) in [7, 11) is 0. The zero-order chi connectivity index (χ0) is 14.7. The van der Waals surface area contributed by atoms with E-state index in [1.807, 2.05) is 5.43 Å². The summed E-state index contributed by atoms with van der Waals surface area (Å²) < 4.78 is 39.5. The van der Waals surface area contributed by atoms with Crippen LogP contribution in [0.25, 0.3) is 0 Å². The van der Waals surface area contributed by atoms with Crippen molar-refractivity contribution in [3.05, 3.63) is 53.5 Å². The first-order valence-electron chi connectivity index (χ1n) is 5.40. The number of pyridine rings is 1. The molecular formula is C12H9F3N4O. The average Bonchev–Trinajstić information content (AvgIpc) is 2.41. The highest BCUT2D eigenvalue weighted by Gasteiger charge is 2.15. The number of hydrazine groups is 1. The molecule has 0 saturated heterocycles. The van der Waals surface area contributed by atoms with Crippen molar-refractivity contribution >= 4 is 17.4 Å². The van der Waals surface area contributed by atoms with Gasteiger partial charge in [0.1, 0.15) is 17.3 Å². The Kier molecular flexibility index (Phi) is 3.85. The van der Waals surface area contributed by atoms with Gasteiger partial charge in [-0.05, 0) is 24.3 Å². The third kappa shape index (κ3) is 2.86. The number of carbonyl (C=O) groups excluding carboxylic acids is 1. The quantitative estimate of drug-likeness (QED) is 0.594. The molecule has 0 aliphatic carbocycles. The molecule has 1 aromatic carbocycles. The number of halogens is 3.